The van der Waals surface area contributed by atoms with Crippen molar-refractivity contribution in [2.24, 2.45) is 0 Å². The van der Waals surface area contributed by atoms with Crippen LogP contribution in [0.25, 0.3) is 11.0 Å². The zero-order valence-electron chi connectivity index (χ0n) is 20.6. The summed E-state index contributed by atoms with van der Waals surface area (Å²) in [6.45, 7) is 3.20. The predicted octanol–water partition coefficient (Wildman–Crippen LogP) is 3.13. The third-order valence-corrected chi connectivity index (χ3v) is 6.62. The quantitative estimate of drug-likeness (QED) is 0.544. The molecule has 10 nitrogen and oxygen atoms in total. The van der Waals surface area contributed by atoms with Crippen molar-refractivity contribution in [2.75, 3.05) is 62.6 Å². The van der Waals surface area contributed by atoms with Gasteiger partial charge >= 0.3 is 0 Å². The highest BCUT2D eigenvalue weighted by molar-refractivity contribution is 5.85. The van der Waals surface area contributed by atoms with Gasteiger partial charge in [-0.1, -0.05) is 0 Å². The summed E-state index contributed by atoms with van der Waals surface area (Å²) in [5.74, 6) is 2.97. The van der Waals surface area contributed by atoms with E-state index in [0.717, 1.165) is 86.1 Å². The van der Waals surface area contributed by atoms with Gasteiger partial charge in [0.25, 0.3) is 0 Å². The van der Waals surface area contributed by atoms with E-state index in [4.69, 9.17) is 14.2 Å². The lowest BCUT2D eigenvalue weighted by atomic mass is 9.93. The van der Waals surface area contributed by atoms with Gasteiger partial charge in [-0.15, -0.1) is 0 Å². The lowest BCUT2D eigenvalue weighted by Crippen LogP contribution is -2.36. The largest absolute Gasteiger partial charge is 0.490 e. The van der Waals surface area contributed by atoms with Gasteiger partial charge in [0.05, 0.1) is 31.9 Å². The summed E-state index contributed by atoms with van der Waals surface area (Å²) in [7, 11) is 5.54. The first-order valence-electron chi connectivity index (χ1n) is 12.2. The number of morpholine rings is 1. The molecule has 2 aliphatic rings. The van der Waals surface area contributed by atoms with Gasteiger partial charge in [-0.05, 0) is 31.7 Å². The lowest BCUT2D eigenvalue weighted by Gasteiger charge is -2.32. The van der Waals surface area contributed by atoms with Crippen LogP contribution in [0.5, 0.6) is 11.5 Å². The molecule has 0 unspecified atom stereocenters. The monoisotopic (exact) mass is 479 g/mol. The van der Waals surface area contributed by atoms with Gasteiger partial charge in [0, 0.05) is 57.4 Å². The van der Waals surface area contributed by atoms with Crippen LogP contribution in [-0.4, -0.2) is 79.6 Å². The van der Waals surface area contributed by atoms with Gasteiger partial charge in [-0.25, -0.2) is 15.0 Å². The van der Waals surface area contributed by atoms with E-state index >= 15 is 0 Å². The molecule has 1 aromatic carbocycles. The van der Waals surface area contributed by atoms with Crippen LogP contribution < -0.4 is 24.6 Å². The van der Waals surface area contributed by atoms with Crippen LogP contribution in [0, 0.1) is 0 Å². The van der Waals surface area contributed by atoms with E-state index in [0.29, 0.717) is 11.8 Å². The Morgan fingerprint density at radius 1 is 1.00 bits per heavy atom. The number of rotatable bonds is 7. The van der Waals surface area contributed by atoms with Gasteiger partial charge in [0.2, 0.25) is 5.75 Å². The Kier molecular flexibility index (Phi) is 6.98. The van der Waals surface area contributed by atoms with Gasteiger partial charge in [-0.3, -0.25) is 4.98 Å². The number of aromatic nitrogens is 4. The molecule has 1 saturated heterocycles. The summed E-state index contributed by atoms with van der Waals surface area (Å²) in [6, 6.07) is 4.50. The molecule has 0 amide bonds. The minimum atomic E-state index is 0.128. The zero-order valence-corrected chi connectivity index (χ0v) is 20.6. The summed E-state index contributed by atoms with van der Waals surface area (Å²) in [6.07, 6.45) is 8.98. The van der Waals surface area contributed by atoms with Gasteiger partial charge in [0.15, 0.2) is 11.6 Å². The van der Waals surface area contributed by atoms with Crippen LogP contribution >= 0.6 is 0 Å². The van der Waals surface area contributed by atoms with Crippen molar-refractivity contribution in [3.8, 4) is 11.5 Å². The Bertz CT molecular complexity index is 1150. The number of fused-ring (bicyclic) bond motifs is 1. The van der Waals surface area contributed by atoms with E-state index in [2.05, 4.69) is 42.3 Å². The maximum atomic E-state index is 6.55. The maximum absolute atomic E-state index is 6.55. The molecule has 3 heterocycles. The summed E-state index contributed by atoms with van der Waals surface area (Å²) >= 11 is 0. The van der Waals surface area contributed by atoms with E-state index in [1.54, 1.807) is 25.8 Å². The van der Waals surface area contributed by atoms with Crippen LogP contribution in [-0.2, 0) is 4.74 Å². The summed E-state index contributed by atoms with van der Waals surface area (Å²) in [4.78, 5) is 22.1. The van der Waals surface area contributed by atoms with Gasteiger partial charge in [-0.2, -0.15) is 0 Å². The Labute approximate surface area is 205 Å². The molecule has 1 aliphatic heterocycles. The second-order valence-electron chi connectivity index (χ2n) is 9.18. The Balaban J connectivity index is 1.27. The molecule has 1 N–H and O–H groups in total. The van der Waals surface area contributed by atoms with Crippen LogP contribution in [0.3, 0.4) is 0 Å². The smallest absolute Gasteiger partial charge is 0.204 e. The average molecular weight is 480 g/mol. The first-order chi connectivity index (χ1) is 17.1. The number of nitrogens with one attached hydrogen (secondary N) is 1. The second kappa shape index (κ2) is 10.5. The number of benzene rings is 1. The number of hydrogen-bond donors (Lipinski definition) is 1. The fourth-order valence-electron chi connectivity index (χ4n) is 4.79. The highest BCUT2D eigenvalue weighted by Crippen LogP contribution is 2.35. The summed E-state index contributed by atoms with van der Waals surface area (Å²) in [5, 5.41) is 3.56. The molecule has 0 atom stereocenters. The number of anilines is 3. The second-order valence-corrected chi connectivity index (χ2v) is 9.18. The molecular weight excluding hydrogens is 446 g/mol. The lowest BCUT2D eigenvalue weighted by molar-refractivity contribution is 0.122. The standard InChI is InChI=1S/C25H33N7O3/c1-31(2)25-23(33-3)24(28-16-29-25)30-17-4-6-19(7-5-17)35-21-15-18(32-10-12-34-13-11-32)14-20-22(21)27-9-8-26-20/h8-9,14-17,19H,4-7,10-13H2,1-3H3,(H,28,29,30)/t17-,19+. The molecule has 1 aliphatic carbocycles. The Hall–Kier alpha value is -3.40. The first kappa shape index (κ1) is 23.3. The maximum Gasteiger partial charge on any atom is 0.204 e. The molecule has 0 bridgehead atoms. The Morgan fingerprint density at radius 3 is 2.51 bits per heavy atom. The number of nitrogens with zero attached hydrogens (tertiary/aromatic N) is 6. The third kappa shape index (κ3) is 5.17. The highest BCUT2D eigenvalue weighted by atomic mass is 16.5. The van der Waals surface area contributed by atoms with E-state index in [1.165, 1.54) is 0 Å². The van der Waals surface area contributed by atoms with Gasteiger partial charge < -0.3 is 29.3 Å². The average Bonchev–Trinajstić information content (AvgIpc) is 2.90. The molecule has 0 radical (unpaired) electrons. The highest BCUT2D eigenvalue weighted by Gasteiger charge is 2.26. The van der Waals surface area contributed by atoms with Crippen LogP contribution in [0.1, 0.15) is 25.7 Å². The molecule has 10 heteroatoms. The van der Waals surface area contributed by atoms with E-state index < -0.39 is 0 Å². The van der Waals surface area contributed by atoms with Crippen molar-refractivity contribution >= 4 is 28.4 Å². The van der Waals surface area contributed by atoms with Crippen molar-refractivity contribution in [3.05, 3.63) is 30.9 Å². The van der Waals surface area contributed by atoms with Crippen molar-refractivity contribution < 1.29 is 14.2 Å². The molecule has 5 rings (SSSR count). The topological polar surface area (TPSA) is 97.8 Å². The predicted molar refractivity (Wildman–Crippen MR) is 136 cm³/mol. The Morgan fingerprint density at radius 2 is 1.77 bits per heavy atom. The normalized spacial score (nSPS) is 20.5. The van der Waals surface area contributed by atoms with Crippen molar-refractivity contribution in [1.29, 1.82) is 0 Å². The van der Waals surface area contributed by atoms with Crippen molar-refractivity contribution in [2.45, 2.75) is 37.8 Å². The van der Waals surface area contributed by atoms with Crippen molar-refractivity contribution in [1.82, 2.24) is 19.9 Å². The van der Waals surface area contributed by atoms with Crippen LogP contribution in [0.4, 0.5) is 17.3 Å². The summed E-state index contributed by atoms with van der Waals surface area (Å²) in [5.41, 5.74) is 2.78. The first-order valence-corrected chi connectivity index (χ1v) is 12.2. The molecule has 3 aromatic rings. The number of ether oxygens (including phenoxy) is 3. The minimum absolute atomic E-state index is 0.128. The molecule has 2 aromatic heterocycles. The summed E-state index contributed by atoms with van der Waals surface area (Å²) < 4.78 is 17.7. The van der Waals surface area contributed by atoms with Gasteiger partial charge in [0.1, 0.15) is 17.6 Å². The number of hydrogen-bond acceptors (Lipinski definition) is 10. The fraction of sp³-hybridized carbons (Fsp3) is 0.520. The van der Waals surface area contributed by atoms with E-state index in [-0.39, 0.29) is 6.10 Å². The van der Waals surface area contributed by atoms with Crippen LogP contribution in [0.15, 0.2) is 30.9 Å². The number of methoxy groups -OCH3 is 1. The SMILES string of the molecule is COc1c(N[C@H]2CC[C@@H](Oc3cc(N4CCOCC4)cc4nccnc34)CC2)ncnc1N(C)C. The van der Waals surface area contributed by atoms with Crippen LogP contribution in [0.2, 0.25) is 0 Å². The van der Waals surface area contributed by atoms with E-state index in [9.17, 15) is 0 Å². The molecule has 35 heavy (non-hydrogen) atoms. The zero-order chi connectivity index (χ0) is 24.2. The third-order valence-electron chi connectivity index (χ3n) is 6.62. The molecular formula is C25H33N7O3. The van der Waals surface area contributed by atoms with E-state index in [1.807, 2.05) is 19.0 Å². The molecule has 186 valence electrons. The molecule has 2 fully saturated rings. The molecule has 1 saturated carbocycles. The molecule has 0 spiro atoms. The van der Waals surface area contributed by atoms with Crippen molar-refractivity contribution in [3.63, 3.8) is 0 Å². The fourth-order valence-corrected chi connectivity index (χ4v) is 4.79. The minimum Gasteiger partial charge on any atom is -0.490 e.